The van der Waals surface area contributed by atoms with Crippen molar-refractivity contribution in [2.24, 2.45) is 0 Å². The van der Waals surface area contributed by atoms with E-state index < -0.39 is 18.4 Å². The van der Waals surface area contributed by atoms with Crippen molar-refractivity contribution in [2.75, 3.05) is 12.4 Å². The highest BCUT2D eigenvalue weighted by molar-refractivity contribution is 9.12. The number of para-hydroxylation sites is 1. The minimum Gasteiger partial charge on any atom is -0.438 e. The number of carbonyl (C=O) groups excluding carboxylic acids is 2. The molecule has 0 aromatic heterocycles. The van der Waals surface area contributed by atoms with Gasteiger partial charge in [0.2, 0.25) is 0 Å². The van der Waals surface area contributed by atoms with E-state index in [2.05, 4.69) is 26.0 Å². The van der Waals surface area contributed by atoms with E-state index >= 15 is 0 Å². The van der Waals surface area contributed by atoms with Gasteiger partial charge in [0.05, 0.1) is 7.11 Å². The number of methoxy groups -OCH3 is 1. The molecule has 1 atom stereocenters. The van der Waals surface area contributed by atoms with Crippen LogP contribution in [0.15, 0.2) is 40.5 Å². The van der Waals surface area contributed by atoms with Crippen LogP contribution in [0.2, 0.25) is 0 Å². The van der Waals surface area contributed by atoms with E-state index in [0.29, 0.717) is 5.70 Å². The average Bonchev–Trinajstić information content (AvgIpc) is 2.67. The first-order chi connectivity index (χ1) is 9.11. The lowest BCUT2D eigenvalue weighted by Crippen LogP contribution is -2.23. The van der Waals surface area contributed by atoms with Gasteiger partial charge in [0, 0.05) is 5.69 Å². The Kier molecular flexibility index (Phi) is 4.06. The van der Waals surface area contributed by atoms with E-state index in [1.165, 1.54) is 7.11 Å². The van der Waals surface area contributed by atoms with Crippen LogP contribution in [-0.2, 0) is 19.0 Å². The Morgan fingerprint density at radius 3 is 2.68 bits per heavy atom. The summed E-state index contributed by atoms with van der Waals surface area (Å²) in [5, 5.41) is 2.95. The summed E-state index contributed by atoms with van der Waals surface area (Å²) in [5.41, 5.74) is 1.04. The Hall–Kier alpha value is -2.02. The van der Waals surface area contributed by atoms with E-state index in [9.17, 15) is 9.59 Å². The van der Waals surface area contributed by atoms with Gasteiger partial charge in [-0.2, -0.15) is 0 Å². The monoisotopic (exact) mass is 327 g/mol. The summed E-state index contributed by atoms with van der Waals surface area (Å²) in [6.45, 7) is 0. The number of rotatable bonds is 3. The van der Waals surface area contributed by atoms with Gasteiger partial charge in [0.1, 0.15) is 10.2 Å². The Bertz CT molecular complexity index is 528. The van der Waals surface area contributed by atoms with E-state index in [1.54, 1.807) is 12.1 Å². The van der Waals surface area contributed by atoms with E-state index in [4.69, 9.17) is 9.47 Å². The van der Waals surface area contributed by atoms with Crippen LogP contribution in [0.1, 0.15) is 0 Å². The molecule has 0 amide bonds. The molecule has 0 aliphatic carbocycles. The number of anilines is 1. The quantitative estimate of drug-likeness (QED) is 0.859. The summed E-state index contributed by atoms with van der Waals surface area (Å²) in [7, 11) is 1.17. The number of hydrogen-bond donors (Lipinski definition) is 1. The number of ether oxygens (including phenoxy) is 3. The molecule has 1 unspecified atom stereocenters. The van der Waals surface area contributed by atoms with Crippen molar-refractivity contribution in [2.45, 2.75) is 6.29 Å². The standard InChI is InChI=1S/C12H10BrNO5/c1-17-12(16)19-11-9(8(13)10(15)18-11)14-7-5-3-2-4-6-7/h2-6,11,14H,1H3. The zero-order valence-electron chi connectivity index (χ0n) is 9.88. The summed E-state index contributed by atoms with van der Waals surface area (Å²) in [5.74, 6) is -0.618. The number of nitrogens with one attached hydrogen (secondary N) is 1. The topological polar surface area (TPSA) is 73.9 Å². The van der Waals surface area contributed by atoms with E-state index in [1.807, 2.05) is 18.2 Å². The molecule has 1 aromatic carbocycles. The third-order valence-electron chi connectivity index (χ3n) is 2.29. The van der Waals surface area contributed by atoms with Gasteiger partial charge in [-0.25, -0.2) is 9.59 Å². The van der Waals surface area contributed by atoms with Gasteiger partial charge in [-0.05, 0) is 28.1 Å². The summed E-state index contributed by atoms with van der Waals surface area (Å²) >= 11 is 3.09. The van der Waals surface area contributed by atoms with Crippen LogP contribution in [0.4, 0.5) is 10.5 Å². The molecule has 1 aromatic rings. The summed E-state index contributed by atoms with van der Waals surface area (Å²) < 4.78 is 14.3. The fourth-order valence-electron chi connectivity index (χ4n) is 1.43. The first-order valence-electron chi connectivity index (χ1n) is 5.29. The maximum absolute atomic E-state index is 11.5. The molecular formula is C12H10BrNO5. The molecule has 0 fully saturated rings. The van der Waals surface area contributed by atoms with Crippen LogP contribution >= 0.6 is 15.9 Å². The van der Waals surface area contributed by atoms with E-state index in [-0.39, 0.29) is 4.48 Å². The molecule has 1 N–H and O–H groups in total. The SMILES string of the molecule is COC(=O)OC1OC(=O)C(Br)=C1Nc1ccccc1. The molecule has 1 heterocycles. The third-order valence-corrected chi connectivity index (χ3v) is 3.04. The summed E-state index contributed by atoms with van der Waals surface area (Å²) in [6, 6.07) is 9.10. The van der Waals surface area contributed by atoms with Gasteiger partial charge in [-0.3, -0.25) is 0 Å². The average molecular weight is 328 g/mol. The highest BCUT2D eigenvalue weighted by atomic mass is 79.9. The zero-order chi connectivity index (χ0) is 13.8. The smallest absolute Gasteiger partial charge is 0.438 e. The number of halogens is 1. The molecule has 1 aliphatic heterocycles. The van der Waals surface area contributed by atoms with Gasteiger partial charge < -0.3 is 19.5 Å². The summed E-state index contributed by atoms with van der Waals surface area (Å²) in [6.07, 6.45) is -2.10. The van der Waals surface area contributed by atoms with Crippen LogP contribution in [-0.4, -0.2) is 25.5 Å². The van der Waals surface area contributed by atoms with Gasteiger partial charge in [-0.1, -0.05) is 18.2 Å². The third kappa shape index (κ3) is 3.05. The number of esters is 1. The highest BCUT2D eigenvalue weighted by Gasteiger charge is 2.36. The van der Waals surface area contributed by atoms with Crippen molar-refractivity contribution < 1.29 is 23.8 Å². The van der Waals surface area contributed by atoms with Crippen LogP contribution in [0.25, 0.3) is 0 Å². The Morgan fingerprint density at radius 1 is 1.37 bits per heavy atom. The number of carbonyl (C=O) groups is 2. The van der Waals surface area contributed by atoms with Gasteiger partial charge >= 0.3 is 12.1 Å². The second-order valence-corrected chi connectivity index (χ2v) is 4.32. The maximum Gasteiger partial charge on any atom is 0.511 e. The number of hydrogen-bond acceptors (Lipinski definition) is 6. The normalized spacial score (nSPS) is 18.0. The summed E-state index contributed by atoms with van der Waals surface area (Å²) in [4.78, 5) is 22.5. The molecule has 7 heteroatoms. The number of cyclic esters (lactones) is 1. The molecule has 1 aliphatic rings. The van der Waals surface area contributed by atoms with Crippen LogP contribution in [0.3, 0.4) is 0 Å². The molecule has 19 heavy (non-hydrogen) atoms. The molecule has 6 nitrogen and oxygen atoms in total. The van der Waals surface area contributed by atoms with Crippen molar-refractivity contribution in [3.63, 3.8) is 0 Å². The first-order valence-corrected chi connectivity index (χ1v) is 6.08. The molecule has 0 saturated carbocycles. The van der Waals surface area contributed by atoms with E-state index in [0.717, 1.165) is 5.69 Å². The largest absolute Gasteiger partial charge is 0.511 e. The highest BCUT2D eigenvalue weighted by Crippen LogP contribution is 2.29. The fraction of sp³-hybridized carbons (Fsp3) is 0.167. The molecule has 0 spiro atoms. The van der Waals surface area contributed by atoms with Gasteiger partial charge in [-0.15, -0.1) is 0 Å². The Morgan fingerprint density at radius 2 is 2.05 bits per heavy atom. The van der Waals surface area contributed by atoms with Crippen LogP contribution in [0, 0.1) is 0 Å². The molecule has 0 saturated heterocycles. The molecule has 2 rings (SSSR count). The zero-order valence-corrected chi connectivity index (χ0v) is 11.5. The first kappa shape index (κ1) is 13.4. The minimum absolute atomic E-state index is 0.172. The predicted octanol–water partition coefficient (Wildman–Crippen LogP) is 2.37. The fourth-order valence-corrected chi connectivity index (χ4v) is 1.81. The number of benzene rings is 1. The Labute approximate surface area is 117 Å². The van der Waals surface area contributed by atoms with Gasteiger partial charge in [0.25, 0.3) is 6.29 Å². The lowest BCUT2D eigenvalue weighted by Gasteiger charge is -2.15. The van der Waals surface area contributed by atoms with Crippen molar-refractivity contribution in [3.05, 3.63) is 40.5 Å². The second kappa shape index (κ2) is 5.75. The van der Waals surface area contributed by atoms with Crippen molar-refractivity contribution >= 4 is 33.7 Å². The molecule has 0 bridgehead atoms. The predicted molar refractivity (Wildman–Crippen MR) is 69.4 cm³/mol. The molecule has 100 valence electrons. The molecule has 0 radical (unpaired) electrons. The van der Waals surface area contributed by atoms with Crippen molar-refractivity contribution in [1.82, 2.24) is 0 Å². The minimum atomic E-state index is -1.16. The molecular weight excluding hydrogens is 318 g/mol. The van der Waals surface area contributed by atoms with Crippen molar-refractivity contribution in [1.29, 1.82) is 0 Å². The Balaban J connectivity index is 2.18. The second-order valence-electron chi connectivity index (χ2n) is 3.53. The van der Waals surface area contributed by atoms with Crippen molar-refractivity contribution in [3.8, 4) is 0 Å². The van der Waals surface area contributed by atoms with Crippen LogP contribution < -0.4 is 5.32 Å². The maximum atomic E-state index is 11.5. The lowest BCUT2D eigenvalue weighted by atomic mass is 10.3. The lowest BCUT2D eigenvalue weighted by molar-refractivity contribution is -0.153. The van der Waals surface area contributed by atoms with Gasteiger partial charge in [0.15, 0.2) is 0 Å². The van der Waals surface area contributed by atoms with Crippen LogP contribution in [0.5, 0.6) is 0 Å².